The highest BCUT2D eigenvalue weighted by Gasteiger charge is 2.28. The summed E-state index contributed by atoms with van der Waals surface area (Å²) >= 11 is 0. The predicted octanol–water partition coefficient (Wildman–Crippen LogP) is 2.44. The lowest BCUT2D eigenvalue weighted by Crippen LogP contribution is -2.27. The van der Waals surface area contributed by atoms with Crippen molar-refractivity contribution in [3.05, 3.63) is 59.7 Å². The summed E-state index contributed by atoms with van der Waals surface area (Å²) in [5.41, 5.74) is 0.362. The average molecular weight is 330 g/mol. The molecule has 0 saturated carbocycles. The lowest BCUT2D eigenvalue weighted by Gasteiger charge is -2.25. The van der Waals surface area contributed by atoms with Gasteiger partial charge < -0.3 is 4.74 Å². The van der Waals surface area contributed by atoms with E-state index in [0.717, 1.165) is 10.6 Å². The van der Waals surface area contributed by atoms with Gasteiger partial charge in [-0.2, -0.15) is 5.26 Å². The van der Waals surface area contributed by atoms with E-state index in [1.165, 1.54) is 25.3 Å². The first-order valence-corrected chi connectivity index (χ1v) is 8.41. The summed E-state index contributed by atoms with van der Waals surface area (Å²) in [5.74, 6) is -0.721. The zero-order valence-electron chi connectivity index (χ0n) is 12.6. The van der Waals surface area contributed by atoms with Crippen LogP contribution in [0.1, 0.15) is 15.9 Å². The Morgan fingerprint density at radius 1 is 1.13 bits per heavy atom. The number of hydrogen-bond donors (Lipinski definition) is 0. The second-order valence-electron chi connectivity index (χ2n) is 4.67. The summed E-state index contributed by atoms with van der Waals surface area (Å²) in [6.45, 7) is 0. The average Bonchev–Trinajstić information content (AvgIpc) is 2.54. The van der Waals surface area contributed by atoms with Crippen LogP contribution in [0.25, 0.3) is 0 Å². The third kappa shape index (κ3) is 3.33. The van der Waals surface area contributed by atoms with Gasteiger partial charge in [0.05, 0.1) is 35.9 Å². The van der Waals surface area contributed by atoms with Gasteiger partial charge in [0.15, 0.2) is 0 Å². The van der Waals surface area contributed by atoms with Crippen molar-refractivity contribution in [1.29, 1.82) is 5.26 Å². The molecule has 23 heavy (non-hydrogen) atoms. The highest BCUT2D eigenvalue weighted by molar-refractivity contribution is 7.92. The van der Waals surface area contributed by atoms with E-state index in [4.69, 9.17) is 4.74 Å². The van der Waals surface area contributed by atoms with Crippen molar-refractivity contribution in [2.24, 2.45) is 0 Å². The number of methoxy groups -OCH3 is 1. The minimum atomic E-state index is -3.79. The number of nitriles is 1. The quantitative estimate of drug-likeness (QED) is 0.804. The molecule has 0 aliphatic heterocycles. The maximum Gasteiger partial charge on any atom is 0.340 e. The molecule has 2 aromatic rings. The number of sulfonamides is 1. The molecule has 0 spiro atoms. The zero-order chi connectivity index (χ0) is 17.0. The Bertz CT molecular complexity index is 871. The molecule has 7 heteroatoms. The minimum Gasteiger partial charge on any atom is -0.465 e. The van der Waals surface area contributed by atoms with Gasteiger partial charge in [-0.3, -0.25) is 0 Å². The van der Waals surface area contributed by atoms with Gasteiger partial charge in [-0.05, 0) is 24.3 Å². The van der Waals surface area contributed by atoms with Crippen LogP contribution in [0.15, 0.2) is 48.5 Å². The van der Waals surface area contributed by atoms with Gasteiger partial charge in [-0.15, -0.1) is 0 Å². The van der Waals surface area contributed by atoms with Crippen LogP contribution in [0, 0.1) is 11.3 Å². The number of carbonyl (C=O) groups is 1. The summed E-state index contributed by atoms with van der Waals surface area (Å²) < 4.78 is 30.3. The first kappa shape index (κ1) is 16.5. The minimum absolute atomic E-state index is 0.000767. The lowest BCUT2D eigenvalue weighted by atomic mass is 10.1. The van der Waals surface area contributed by atoms with E-state index in [0.29, 0.717) is 5.69 Å². The number of ether oxygens (including phenoxy) is 1. The topological polar surface area (TPSA) is 87.5 Å². The molecule has 6 nitrogen and oxygen atoms in total. The Labute approximate surface area is 134 Å². The van der Waals surface area contributed by atoms with Crippen molar-refractivity contribution < 1.29 is 17.9 Å². The smallest absolute Gasteiger partial charge is 0.340 e. The fourth-order valence-corrected chi connectivity index (χ4v) is 3.21. The van der Waals surface area contributed by atoms with E-state index in [1.807, 2.05) is 6.07 Å². The van der Waals surface area contributed by atoms with Crippen molar-refractivity contribution >= 4 is 27.4 Å². The Morgan fingerprint density at radius 2 is 1.78 bits per heavy atom. The highest BCUT2D eigenvalue weighted by atomic mass is 32.2. The molecule has 118 valence electrons. The fourth-order valence-electron chi connectivity index (χ4n) is 2.18. The van der Waals surface area contributed by atoms with Crippen molar-refractivity contribution in [3.8, 4) is 6.07 Å². The van der Waals surface area contributed by atoms with Crippen LogP contribution in [-0.4, -0.2) is 27.8 Å². The monoisotopic (exact) mass is 330 g/mol. The third-order valence-electron chi connectivity index (χ3n) is 3.09. The first-order chi connectivity index (χ1) is 10.9. The van der Waals surface area contributed by atoms with Crippen LogP contribution >= 0.6 is 0 Å². The summed E-state index contributed by atoms with van der Waals surface area (Å²) in [6.07, 6.45) is 1.01. The number of para-hydroxylation sites is 2. The third-order valence-corrected chi connectivity index (χ3v) is 4.14. The molecule has 0 fully saturated rings. The van der Waals surface area contributed by atoms with E-state index in [1.54, 1.807) is 30.3 Å². The van der Waals surface area contributed by atoms with E-state index in [9.17, 15) is 18.5 Å². The number of esters is 1. The van der Waals surface area contributed by atoms with Gasteiger partial charge in [0, 0.05) is 0 Å². The maximum absolute atomic E-state index is 12.3. The number of carbonyl (C=O) groups excluding carboxylic acids is 1. The van der Waals surface area contributed by atoms with Crippen LogP contribution in [0.4, 0.5) is 11.4 Å². The molecular formula is C16H14N2O4S. The molecular weight excluding hydrogens is 316 g/mol. The second-order valence-corrected chi connectivity index (χ2v) is 6.50. The number of rotatable bonds is 4. The lowest BCUT2D eigenvalue weighted by molar-refractivity contribution is 0.0601. The summed E-state index contributed by atoms with van der Waals surface area (Å²) in [7, 11) is -2.60. The summed E-state index contributed by atoms with van der Waals surface area (Å²) in [6, 6.07) is 14.5. The molecule has 0 atom stereocenters. The zero-order valence-corrected chi connectivity index (χ0v) is 13.4. The number of hydrogen-bond acceptors (Lipinski definition) is 5. The van der Waals surface area contributed by atoms with Crippen LogP contribution in [-0.2, 0) is 14.8 Å². The Balaban J connectivity index is 2.84. The van der Waals surface area contributed by atoms with Gasteiger partial charge in [0.1, 0.15) is 6.07 Å². The predicted molar refractivity (Wildman–Crippen MR) is 85.9 cm³/mol. The standard InChI is InChI=1S/C16H14N2O4S/c1-22-16(19)14-10-6-7-12(11-17)15(14)18(23(2,20)21)13-8-4-3-5-9-13/h3-10H,1-2H3. The van der Waals surface area contributed by atoms with Gasteiger partial charge in [-0.1, -0.05) is 24.3 Å². The molecule has 0 aromatic heterocycles. The van der Waals surface area contributed by atoms with Gasteiger partial charge in [0.25, 0.3) is 0 Å². The fraction of sp³-hybridized carbons (Fsp3) is 0.125. The van der Waals surface area contributed by atoms with Crippen LogP contribution in [0.5, 0.6) is 0 Å². The molecule has 0 radical (unpaired) electrons. The first-order valence-electron chi connectivity index (χ1n) is 6.57. The summed E-state index contributed by atoms with van der Waals surface area (Å²) in [4.78, 5) is 12.0. The number of anilines is 2. The normalized spacial score (nSPS) is 10.7. The molecule has 0 heterocycles. The van der Waals surface area contributed by atoms with E-state index < -0.39 is 16.0 Å². The molecule has 0 N–H and O–H groups in total. The van der Waals surface area contributed by atoms with Crippen LogP contribution in [0.2, 0.25) is 0 Å². The second kappa shape index (κ2) is 6.50. The Morgan fingerprint density at radius 3 is 2.30 bits per heavy atom. The maximum atomic E-state index is 12.3. The molecule has 0 unspecified atom stereocenters. The van der Waals surface area contributed by atoms with Crippen molar-refractivity contribution in [1.82, 2.24) is 0 Å². The summed E-state index contributed by atoms with van der Waals surface area (Å²) in [5, 5.41) is 9.34. The van der Waals surface area contributed by atoms with E-state index in [-0.39, 0.29) is 16.8 Å². The molecule has 0 amide bonds. The molecule has 0 aliphatic rings. The van der Waals surface area contributed by atoms with Crippen molar-refractivity contribution in [2.75, 3.05) is 17.7 Å². The van der Waals surface area contributed by atoms with Crippen LogP contribution < -0.4 is 4.31 Å². The largest absolute Gasteiger partial charge is 0.465 e. The van der Waals surface area contributed by atoms with Crippen molar-refractivity contribution in [3.63, 3.8) is 0 Å². The van der Waals surface area contributed by atoms with E-state index >= 15 is 0 Å². The molecule has 0 saturated heterocycles. The molecule has 2 aromatic carbocycles. The molecule has 0 aliphatic carbocycles. The number of nitrogens with zero attached hydrogens (tertiary/aromatic N) is 2. The van der Waals surface area contributed by atoms with E-state index in [2.05, 4.69) is 0 Å². The van der Waals surface area contributed by atoms with Crippen LogP contribution in [0.3, 0.4) is 0 Å². The van der Waals surface area contributed by atoms with Gasteiger partial charge in [0.2, 0.25) is 10.0 Å². The Hall–Kier alpha value is -2.85. The SMILES string of the molecule is COC(=O)c1cccc(C#N)c1N(c1ccccc1)S(C)(=O)=O. The molecule has 0 bridgehead atoms. The van der Waals surface area contributed by atoms with Gasteiger partial charge in [-0.25, -0.2) is 17.5 Å². The highest BCUT2D eigenvalue weighted by Crippen LogP contribution is 2.34. The van der Waals surface area contributed by atoms with Crippen molar-refractivity contribution in [2.45, 2.75) is 0 Å². The molecule has 2 rings (SSSR count). The van der Waals surface area contributed by atoms with Gasteiger partial charge >= 0.3 is 5.97 Å². The Kier molecular flexibility index (Phi) is 4.67. The number of benzene rings is 2.